The maximum Gasteiger partial charge on any atom is 0.307 e. The molecule has 0 saturated heterocycles. The summed E-state index contributed by atoms with van der Waals surface area (Å²) in [5, 5.41) is 12.1. The molecule has 4 atom stereocenters. The van der Waals surface area contributed by atoms with Crippen molar-refractivity contribution in [2.24, 2.45) is 17.8 Å². The largest absolute Gasteiger partial charge is 0.481 e. The van der Waals surface area contributed by atoms with Crippen molar-refractivity contribution in [2.45, 2.75) is 39.2 Å². The smallest absolute Gasteiger partial charge is 0.307 e. The second-order valence-corrected chi connectivity index (χ2v) is 5.54. The number of hydrogen-bond donors (Lipinski definition) is 2. The molecule has 1 fully saturated rings. The Morgan fingerprint density at radius 2 is 2.15 bits per heavy atom. The van der Waals surface area contributed by atoms with E-state index in [0.29, 0.717) is 24.5 Å². The lowest BCUT2D eigenvalue weighted by molar-refractivity contribution is -0.146. The fourth-order valence-corrected chi connectivity index (χ4v) is 2.97. The van der Waals surface area contributed by atoms with Crippen LogP contribution in [0.3, 0.4) is 0 Å². The molecule has 0 spiro atoms. The molecule has 1 aliphatic carbocycles. The summed E-state index contributed by atoms with van der Waals surface area (Å²) < 4.78 is 5.24. The van der Waals surface area contributed by atoms with Crippen LogP contribution in [0.4, 0.5) is 0 Å². The highest BCUT2D eigenvalue weighted by Crippen LogP contribution is 2.38. The topological polar surface area (TPSA) is 79.5 Å². The van der Waals surface area contributed by atoms with Gasteiger partial charge in [0.25, 0.3) is 0 Å². The minimum atomic E-state index is -0.869. The van der Waals surface area contributed by atoms with Gasteiger partial charge in [0.05, 0.1) is 24.1 Å². The van der Waals surface area contributed by atoms with Crippen molar-refractivity contribution in [3.05, 3.63) is 24.2 Å². The molecule has 2 N–H and O–H groups in total. The first-order valence-corrected chi connectivity index (χ1v) is 7.09. The summed E-state index contributed by atoms with van der Waals surface area (Å²) in [5.74, 6) is -1.05. The predicted molar refractivity (Wildman–Crippen MR) is 72.9 cm³/mol. The van der Waals surface area contributed by atoms with Gasteiger partial charge in [-0.2, -0.15) is 0 Å². The van der Waals surface area contributed by atoms with Crippen LogP contribution in [0.25, 0.3) is 0 Å². The van der Waals surface area contributed by atoms with E-state index in [1.54, 1.807) is 18.4 Å². The van der Waals surface area contributed by atoms with Gasteiger partial charge in [0.1, 0.15) is 5.76 Å². The van der Waals surface area contributed by atoms with E-state index in [4.69, 9.17) is 4.42 Å². The van der Waals surface area contributed by atoms with Crippen molar-refractivity contribution in [3.8, 4) is 0 Å². The number of hydrogen-bond acceptors (Lipinski definition) is 3. The predicted octanol–water partition coefficient (Wildman–Crippen LogP) is 2.59. The van der Waals surface area contributed by atoms with Crippen molar-refractivity contribution in [2.75, 3.05) is 0 Å². The number of nitrogens with one attached hydrogen (secondary N) is 1. The van der Waals surface area contributed by atoms with Gasteiger partial charge in [-0.15, -0.1) is 0 Å². The zero-order valence-corrected chi connectivity index (χ0v) is 11.8. The average Bonchev–Trinajstić information content (AvgIpc) is 3.07. The number of rotatable bonds is 5. The number of aliphatic carboxylic acids is 1. The van der Waals surface area contributed by atoms with Crippen LogP contribution in [0.1, 0.15) is 44.9 Å². The van der Waals surface area contributed by atoms with Gasteiger partial charge in [-0.25, -0.2) is 0 Å². The highest BCUT2D eigenvalue weighted by atomic mass is 16.4. The molecule has 0 bridgehead atoms. The van der Waals surface area contributed by atoms with E-state index < -0.39 is 17.8 Å². The molecule has 5 heteroatoms. The summed E-state index contributed by atoms with van der Waals surface area (Å²) in [4.78, 5) is 23.6. The maximum atomic E-state index is 12.3. The van der Waals surface area contributed by atoms with Gasteiger partial charge in [-0.05, 0) is 37.8 Å². The highest BCUT2D eigenvalue weighted by Gasteiger charge is 2.42. The molecule has 1 amide bonds. The molecule has 0 radical (unpaired) electrons. The third-order valence-corrected chi connectivity index (χ3v) is 4.22. The van der Waals surface area contributed by atoms with Crippen LogP contribution in [-0.4, -0.2) is 17.0 Å². The summed E-state index contributed by atoms with van der Waals surface area (Å²) >= 11 is 0. The summed E-state index contributed by atoms with van der Waals surface area (Å²) in [7, 11) is 0. The van der Waals surface area contributed by atoms with Crippen LogP contribution in [0.15, 0.2) is 22.8 Å². The van der Waals surface area contributed by atoms with Gasteiger partial charge < -0.3 is 14.8 Å². The zero-order chi connectivity index (χ0) is 14.7. The first kappa shape index (κ1) is 14.6. The number of furan rings is 1. The lowest BCUT2D eigenvalue weighted by atomic mass is 9.95. The quantitative estimate of drug-likeness (QED) is 0.868. The van der Waals surface area contributed by atoms with Gasteiger partial charge in [0, 0.05) is 0 Å². The Balaban J connectivity index is 2.02. The molecule has 1 aliphatic rings. The number of carboxylic acids is 1. The van der Waals surface area contributed by atoms with Gasteiger partial charge in [0.15, 0.2) is 0 Å². The number of carbonyl (C=O) groups excluding carboxylic acids is 1. The minimum absolute atomic E-state index is 0.183. The minimum Gasteiger partial charge on any atom is -0.481 e. The van der Waals surface area contributed by atoms with E-state index in [2.05, 4.69) is 5.32 Å². The fourth-order valence-electron chi connectivity index (χ4n) is 2.97. The standard InChI is InChI=1S/C15H21NO4/c1-3-10-7-11(12(8-10)15(18)19)14(17)16-9(2)13-5-4-6-20-13/h4-6,9-12H,3,7-8H2,1-2H3,(H,16,17)(H,18,19)/t9?,10?,11-,12+/m0/s1. The van der Waals surface area contributed by atoms with Crippen LogP contribution in [0.2, 0.25) is 0 Å². The Hall–Kier alpha value is -1.78. The maximum absolute atomic E-state index is 12.3. The fraction of sp³-hybridized carbons (Fsp3) is 0.600. The van der Waals surface area contributed by atoms with E-state index in [0.717, 1.165) is 6.42 Å². The molecule has 20 heavy (non-hydrogen) atoms. The lowest BCUT2D eigenvalue weighted by Crippen LogP contribution is -2.36. The van der Waals surface area contributed by atoms with Crippen molar-refractivity contribution < 1.29 is 19.1 Å². The van der Waals surface area contributed by atoms with E-state index in [9.17, 15) is 14.7 Å². The van der Waals surface area contributed by atoms with Gasteiger partial charge in [-0.1, -0.05) is 13.3 Å². The van der Waals surface area contributed by atoms with Gasteiger partial charge in [-0.3, -0.25) is 9.59 Å². The summed E-state index contributed by atoms with van der Waals surface area (Å²) in [6.07, 6.45) is 3.73. The molecule has 0 aliphatic heterocycles. The second-order valence-electron chi connectivity index (χ2n) is 5.54. The number of amides is 1. The number of carboxylic acid groups (broad SMARTS) is 1. The third kappa shape index (κ3) is 3.03. The summed E-state index contributed by atoms with van der Waals surface area (Å²) in [5.41, 5.74) is 0. The normalized spacial score (nSPS) is 27.2. The van der Waals surface area contributed by atoms with E-state index >= 15 is 0 Å². The Morgan fingerprint density at radius 1 is 1.45 bits per heavy atom. The molecule has 0 aromatic carbocycles. The van der Waals surface area contributed by atoms with Gasteiger partial charge in [0.2, 0.25) is 5.91 Å². The van der Waals surface area contributed by atoms with E-state index in [1.165, 1.54) is 0 Å². The third-order valence-electron chi connectivity index (χ3n) is 4.22. The Morgan fingerprint density at radius 3 is 2.70 bits per heavy atom. The van der Waals surface area contributed by atoms with Crippen LogP contribution in [0, 0.1) is 17.8 Å². The molecule has 5 nitrogen and oxygen atoms in total. The molecule has 1 heterocycles. The summed E-state index contributed by atoms with van der Waals surface area (Å²) in [6.45, 7) is 3.87. The number of carbonyl (C=O) groups is 2. The Bertz CT molecular complexity index is 468. The van der Waals surface area contributed by atoms with Crippen molar-refractivity contribution >= 4 is 11.9 Å². The van der Waals surface area contributed by atoms with Crippen LogP contribution in [0.5, 0.6) is 0 Å². The Kier molecular flexibility index (Phi) is 4.47. The van der Waals surface area contributed by atoms with Crippen molar-refractivity contribution in [3.63, 3.8) is 0 Å². The van der Waals surface area contributed by atoms with E-state index in [1.807, 2.05) is 13.8 Å². The average molecular weight is 279 g/mol. The van der Waals surface area contributed by atoms with Gasteiger partial charge >= 0.3 is 5.97 Å². The molecular weight excluding hydrogens is 258 g/mol. The monoisotopic (exact) mass is 279 g/mol. The van der Waals surface area contributed by atoms with Crippen molar-refractivity contribution in [1.82, 2.24) is 5.32 Å². The molecule has 1 aromatic rings. The molecular formula is C15H21NO4. The van der Waals surface area contributed by atoms with Crippen LogP contribution < -0.4 is 5.32 Å². The van der Waals surface area contributed by atoms with E-state index in [-0.39, 0.29) is 11.9 Å². The van der Waals surface area contributed by atoms with Crippen molar-refractivity contribution in [1.29, 1.82) is 0 Å². The van der Waals surface area contributed by atoms with Crippen LogP contribution in [-0.2, 0) is 9.59 Å². The first-order chi connectivity index (χ1) is 9.52. The highest BCUT2D eigenvalue weighted by molar-refractivity contribution is 5.85. The molecule has 1 saturated carbocycles. The molecule has 1 aromatic heterocycles. The SMILES string of the molecule is CCC1C[C@H](C(=O)NC(C)c2ccco2)[C@H](C(=O)O)C1. The summed E-state index contributed by atoms with van der Waals surface area (Å²) in [6, 6.07) is 3.32. The second kappa shape index (κ2) is 6.11. The molecule has 2 unspecified atom stereocenters. The molecule has 110 valence electrons. The Labute approximate surface area is 118 Å². The van der Waals surface area contributed by atoms with Crippen LogP contribution >= 0.6 is 0 Å². The lowest BCUT2D eigenvalue weighted by Gasteiger charge is -2.18. The zero-order valence-electron chi connectivity index (χ0n) is 11.8. The first-order valence-electron chi connectivity index (χ1n) is 7.09. The molecule has 2 rings (SSSR count).